The van der Waals surface area contributed by atoms with E-state index >= 15 is 0 Å². The van der Waals surface area contributed by atoms with Gasteiger partial charge in [-0.1, -0.05) is 24.3 Å². The van der Waals surface area contributed by atoms with Gasteiger partial charge in [0, 0.05) is 42.4 Å². The fourth-order valence-electron chi connectivity index (χ4n) is 5.60. The van der Waals surface area contributed by atoms with Crippen LogP contribution in [0.15, 0.2) is 83.5 Å². The molecule has 0 atom stereocenters. The molecular formula is C30H27N5O3. The molecule has 0 saturated carbocycles. The number of benzene rings is 3. The first kappa shape index (κ1) is 22.7. The Kier molecular flexibility index (Phi) is 5.30. The highest BCUT2D eigenvalue weighted by Crippen LogP contribution is 2.46. The first-order chi connectivity index (χ1) is 18.6. The van der Waals surface area contributed by atoms with Crippen molar-refractivity contribution in [2.75, 3.05) is 19.7 Å². The van der Waals surface area contributed by atoms with Gasteiger partial charge in [-0.2, -0.15) is 5.10 Å². The summed E-state index contributed by atoms with van der Waals surface area (Å²) < 4.78 is 13.6. The Morgan fingerprint density at radius 3 is 2.63 bits per heavy atom. The quantitative estimate of drug-likeness (QED) is 0.380. The van der Waals surface area contributed by atoms with Crippen LogP contribution < -0.4 is 10.5 Å². The Morgan fingerprint density at radius 1 is 1.03 bits per heavy atom. The summed E-state index contributed by atoms with van der Waals surface area (Å²) in [7, 11) is 0. The van der Waals surface area contributed by atoms with E-state index in [1.54, 1.807) is 10.9 Å². The number of nitrogens with zero attached hydrogens (tertiary/aromatic N) is 4. The number of hydrogen-bond acceptors (Lipinski definition) is 6. The van der Waals surface area contributed by atoms with Crippen LogP contribution in [0, 0.1) is 0 Å². The molecule has 1 amide bonds. The van der Waals surface area contributed by atoms with Crippen LogP contribution >= 0.6 is 0 Å². The van der Waals surface area contributed by atoms with Gasteiger partial charge in [-0.25, -0.2) is 9.67 Å². The number of likely N-dealkylation sites (tertiary alicyclic amines) is 1. The molecule has 7 rings (SSSR count). The highest BCUT2D eigenvalue weighted by molar-refractivity contribution is 5.94. The number of piperidine rings is 1. The molecule has 0 bridgehead atoms. The molecule has 2 aliphatic rings. The van der Waals surface area contributed by atoms with Gasteiger partial charge in [0.2, 0.25) is 5.89 Å². The summed E-state index contributed by atoms with van der Waals surface area (Å²) >= 11 is 0. The molecule has 1 fully saturated rings. The first-order valence-corrected chi connectivity index (χ1v) is 12.9. The lowest BCUT2D eigenvalue weighted by Crippen LogP contribution is -2.46. The summed E-state index contributed by atoms with van der Waals surface area (Å²) in [5.74, 6) is 1.53. The van der Waals surface area contributed by atoms with Crippen LogP contribution in [0.25, 0.3) is 28.2 Å². The molecule has 38 heavy (non-hydrogen) atoms. The third-order valence-corrected chi connectivity index (χ3v) is 7.86. The van der Waals surface area contributed by atoms with E-state index in [4.69, 9.17) is 14.9 Å². The van der Waals surface area contributed by atoms with Crippen LogP contribution in [0.1, 0.15) is 34.3 Å². The van der Waals surface area contributed by atoms with E-state index < -0.39 is 0 Å². The molecule has 0 aliphatic carbocycles. The molecule has 1 spiro atoms. The second-order valence-corrected chi connectivity index (χ2v) is 10.1. The molecule has 8 heteroatoms. The molecule has 190 valence electrons. The van der Waals surface area contributed by atoms with Crippen molar-refractivity contribution in [2.45, 2.75) is 24.8 Å². The normalized spacial score (nSPS) is 16.1. The van der Waals surface area contributed by atoms with Gasteiger partial charge in [-0.3, -0.25) is 4.79 Å². The minimum Gasteiger partial charge on any atom is -0.492 e. The summed E-state index contributed by atoms with van der Waals surface area (Å²) in [6.45, 7) is 2.58. The van der Waals surface area contributed by atoms with Gasteiger partial charge in [0.25, 0.3) is 5.91 Å². The van der Waals surface area contributed by atoms with Crippen molar-refractivity contribution in [3.8, 4) is 22.9 Å². The first-order valence-electron chi connectivity index (χ1n) is 12.9. The minimum absolute atomic E-state index is 0.0341. The summed E-state index contributed by atoms with van der Waals surface area (Å²) in [6.07, 6.45) is 5.37. The number of aromatic nitrogens is 3. The van der Waals surface area contributed by atoms with Crippen LogP contribution in [0.2, 0.25) is 0 Å². The van der Waals surface area contributed by atoms with Gasteiger partial charge in [0.1, 0.15) is 11.3 Å². The number of oxazole rings is 1. The van der Waals surface area contributed by atoms with Crippen LogP contribution in [-0.2, 0) is 12.0 Å². The van der Waals surface area contributed by atoms with Crippen molar-refractivity contribution < 1.29 is 13.9 Å². The van der Waals surface area contributed by atoms with E-state index in [1.165, 1.54) is 5.56 Å². The zero-order chi connectivity index (χ0) is 25.7. The number of fused-ring (bicyclic) bond motifs is 3. The lowest BCUT2D eigenvalue weighted by atomic mass is 9.74. The van der Waals surface area contributed by atoms with Crippen molar-refractivity contribution in [2.24, 2.45) is 5.73 Å². The second kappa shape index (κ2) is 8.85. The largest absolute Gasteiger partial charge is 0.492 e. The van der Waals surface area contributed by atoms with Gasteiger partial charge in [0.05, 0.1) is 24.1 Å². The van der Waals surface area contributed by atoms with E-state index in [0.717, 1.165) is 46.5 Å². The van der Waals surface area contributed by atoms with Crippen LogP contribution in [0.3, 0.4) is 0 Å². The lowest BCUT2D eigenvalue weighted by molar-refractivity contribution is 0.0646. The zero-order valence-corrected chi connectivity index (χ0v) is 20.8. The van der Waals surface area contributed by atoms with E-state index in [2.05, 4.69) is 16.1 Å². The standard InChI is InChI=1S/C30H27N5O3/c31-16-20-5-10-26-24(15-20)30(19-37-26)11-13-34(14-12-30)29(36)21-6-8-23(9-7-21)35-18-22(17-32-35)28-33-25-3-1-2-4-27(25)38-28/h1-10,15,17-18H,11-14,16,19,31H2. The summed E-state index contributed by atoms with van der Waals surface area (Å²) in [6, 6.07) is 21.5. The number of ether oxygens (including phenoxy) is 1. The molecule has 2 aliphatic heterocycles. The average Bonchev–Trinajstić information content (AvgIpc) is 3.71. The second-order valence-electron chi connectivity index (χ2n) is 10.1. The smallest absolute Gasteiger partial charge is 0.253 e. The summed E-state index contributed by atoms with van der Waals surface area (Å²) in [5.41, 5.74) is 12.1. The summed E-state index contributed by atoms with van der Waals surface area (Å²) in [4.78, 5) is 19.8. The van der Waals surface area contributed by atoms with Crippen LogP contribution in [0.5, 0.6) is 5.75 Å². The fraction of sp³-hybridized carbons (Fsp3) is 0.233. The Labute approximate surface area is 219 Å². The maximum absolute atomic E-state index is 13.3. The fourth-order valence-corrected chi connectivity index (χ4v) is 5.60. The topological polar surface area (TPSA) is 99.4 Å². The Hall–Kier alpha value is -4.43. The molecule has 0 unspecified atom stereocenters. The molecule has 4 heterocycles. The highest BCUT2D eigenvalue weighted by Gasteiger charge is 2.44. The van der Waals surface area contributed by atoms with E-state index in [-0.39, 0.29) is 11.3 Å². The molecule has 2 aromatic heterocycles. The summed E-state index contributed by atoms with van der Waals surface area (Å²) in [5, 5.41) is 4.47. The average molecular weight is 506 g/mol. The number of carbonyl (C=O) groups is 1. The van der Waals surface area contributed by atoms with Gasteiger partial charge in [0.15, 0.2) is 5.58 Å². The van der Waals surface area contributed by atoms with Crippen molar-refractivity contribution in [1.82, 2.24) is 19.7 Å². The maximum atomic E-state index is 13.3. The molecular weight excluding hydrogens is 478 g/mol. The Bertz CT molecular complexity index is 1610. The minimum atomic E-state index is -0.0341. The van der Waals surface area contributed by atoms with Gasteiger partial charge >= 0.3 is 0 Å². The molecule has 3 aromatic carbocycles. The Balaban J connectivity index is 1.04. The highest BCUT2D eigenvalue weighted by atomic mass is 16.5. The van der Waals surface area contributed by atoms with Gasteiger partial charge in [-0.15, -0.1) is 0 Å². The maximum Gasteiger partial charge on any atom is 0.253 e. The van der Waals surface area contributed by atoms with E-state index in [0.29, 0.717) is 37.7 Å². The molecule has 8 nitrogen and oxygen atoms in total. The SMILES string of the molecule is NCc1ccc2c(c1)C1(CCN(C(=O)c3ccc(-n4cc(-c5nc6ccccc6o5)cn4)cc3)CC1)CO2. The van der Waals surface area contributed by atoms with Gasteiger partial charge in [-0.05, 0) is 60.9 Å². The zero-order valence-electron chi connectivity index (χ0n) is 20.8. The van der Waals surface area contributed by atoms with Crippen molar-refractivity contribution >= 4 is 17.0 Å². The predicted octanol–water partition coefficient (Wildman–Crippen LogP) is 4.71. The number of carbonyl (C=O) groups excluding carboxylic acids is 1. The number of para-hydroxylation sites is 2. The number of rotatable bonds is 4. The van der Waals surface area contributed by atoms with Crippen LogP contribution in [-0.4, -0.2) is 45.3 Å². The molecule has 1 saturated heterocycles. The lowest BCUT2D eigenvalue weighted by Gasteiger charge is -2.38. The number of nitrogens with two attached hydrogens (primary N) is 1. The third-order valence-electron chi connectivity index (χ3n) is 7.86. The monoisotopic (exact) mass is 505 g/mol. The number of amides is 1. The number of hydrogen-bond donors (Lipinski definition) is 1. The molecule has 5 aromatic rings. The van der Waals surface area contributed by atoms with Gasteiger partial charge < -0.3 is 19.8 Å². The predicted molar refractivity (Wildman–Crippen MR) is 143 cm³/mol. The molecule has 2 N–H and O–H groups in total. The van der Waals surface area contributed by atoms with E-state index in [9.17, 15) is 4.79 Å². The van der Waals surface area contributed by atoms with Crippen molar-refractivity contribution in [3.05, 3.63) is 95.8 Å². The van der Waals surface area contributed by atoms with Crippen molar-refractivity contribution in [3.63, 3.8) is 0 Å². The van der Waals surface area contributed by atoms with Crippen molar-refractivity contribution in [1.29, 1.82) is 0 Å². The van der Waals surface area contributed by atoms with Crippen LogP contribution in [0.4, 0.5) is 0 Å². The van der Waals surface area contributed by atoms with E-state index in [1.807, 2.05) is 71.8 Å². The third kappa shape index (κ3) is 3.76. The molecule has 0 radical (unpaired) electrons. The Morgan fingerprint density at radius 2 is 1.84 bits per heavy atom.